The molecule has 0 aromatic carbocycles. The summed E-state index contributed by atoms with van der Waals surface area (Å²) < 4.78 is 28.1. The number of ketones is 1. The van der Waals surface area contributed by atoms with Gasteiger partial charge in [0, 0.05) is 37.0 Å². The van der Waals surface area contributed by atoms with Crippen molar-refractivity contribution in [2.45, 2.75) is 77.7 Å². The number of hydrogen-bond donors (Lipinski definition) is 4. The molecule has 3 atom stereocenters. The molecule has 1 aliphatic heterocycles. The highest BCUT2D eigenvalue weighted by atomic mass is 32.2. The van der Waals surface area contributed by atoms with E-state index in [2.05, 4.69) is 26.4 Å². The number of carbonyl (C=O) groups is 3. The zero-order valence-electron chi connectivity index (χ0n) is 21.6. The number of carboxylic acids is 1. The number of hydrogen-bond acceptors (Lipinski definition) is 7. The maximum atomic E-state index is 12.9. The molecule has 1 amide bonds. The number of aliphatic carboxylic acids is 1. The first kappa shape index (κ1) is 27.5. The second-order valence-corrected chi connectivity index (χ2v) is 13.0. The lowest BCUT2D eigenvalue weighted by molar-refractivity contribution is -0.139. The van der Waals surface area contributed by atoms with Crippen LogP contribution in [0.1, 0.15) is 70.1 Å². The van der Waals surface area contributed by atoms with Crippen LogP contribution >= 0.6 is 0 Å². The van der Waals surface area contributed by atoms with Crippen LogP contribution in [-0.4, -0.2) is 61.1 Å². The third kappa shape index (κ3) is 5.82. The third-order valence-electron chi connectivity index (χ3n) is 8.74. The summed E-state index contributed by atoms with van der Waals surface area (Å²) in [6.07, 6.45) is 6.09. The number of pyridine rings is 1. The van der Waals surface area contributed by atoms with Gasteiger partial charge in [-0.05, 0) is 67.9 Å². The summed E-state index contributed by atoms with van der Waals surface area (Å²) in [7, 11) is -4.08. The number of carbonyl (C=O) groups excluding carboxylic acids is 2. The van der Waals surface area contributed by atoms with E-state index in [4.69, 9.17) is 0 Å². The maximum Gasteiger partial charge on any atom is 0.323 e. The van der Waals surface area contributed by atoms with E-state index >= 15 is 0 Å². The second-order valence-electron chi connectivity index (χ2n) is 11.3. The molecule has 0 spiro atoms. The van der Waals surface area contributed by atoms with Crippen LogP contribution in [0.5, 0.6) is 0 Å². The SMILES string of the molecule is CC1(C)[C@H]2CC[C@]1(CS(=O)(=O)N[C@@H](CNC(=O)CCCCc1ccc3c(n1)NCCC3)C(=O)O)C(=O)C2. The van der Waals surface area contributed by atoms with E-state index in [1.54, 1.807) is 0 Å². The Balaban J connectivity index is 1.23. The highest BCUT2D eigenvalue weighted by Gasteiger charge is 2.65. The lowest BCUT2D eigenvalue weighted by Gasteiger charge is -2.36. The minimum atomic E-state index is -4.08. The van der Waals surface area contributed by atoms with Crippen molar-refractivity contribution < 1.29 is 27.9 Å². The standard InChI is InChI=1S/C26H38N4O6S/c1-25(2)18-11-12-26(25,21(31)14-18)16-37(35,36)30-20(24(33)34)15-28-22(32)8-4-3-7-19-10-9-17-6-5-13-27-23(17)29-19/h9-10,18,20,30H,3-8,11-16H2,1-2H3,(H,27,29)(H,28,32)(H,33,34)/t18-,20-,26-/m0/s1. The molecular formula is C26H38N4O6S. The molecule has 2 heterocycles. The molecule has 2 saturated carbocycles. The number of nitrogens with zero attached hydrogens (tertiary/aromatic N) is 1. The number of aromatic nitrogens is 1. The van der Waals surface area contributed by atoms with Crippen LogP contribution in [0.2, 0.25) is 0 Å². The van der Waals surface area contributed by atoms with Crippen molar-refractivity contribution in [1.82, 2.24) is 15.0 Å². The van der Waals surface area contributed by atoms with Crippen molar-refractivity contribution in [1.29, 1.82) is 0 Å². The van der Waals surface area contributed by atoms with Gasteiger partial charge in [0.25, 0.3) is 0 Å². The van der Waals surface area contributed by atoms with E-state index in [-0.39, 0.29) is 30.6 Å². The highest BCUT2D eigenvalue weighted by molar-refractivity contribution is 7.89. The number of unbranched alkanes of at least 4 members (excludes halogenated alkanes) is 1. The largest absolute Gasteiger partial charge is 0.480 e. The van der Waals surface area contributed by atoms with Crippen LogP contribution in [-0.2, 0) is 37.2 Å². The fourth-order valence-electron chi connectivity index (χ4n) is 6.27. The Hall–Kier alpha value is -2.53. The third-order valence-corrected chi connectivity index (χ3v) is 10.3. The van der Waals surface area contributed by atoms with Gasteiger partial charge in [0.2, 0.25) is 15.9 Å². The molecule has 1 aromatic rings. The van der Waals surface area contributed by atoms with E-state index in [1.807, 2.05) is 19.9 Å². The molecule has 0 saturated heterocycles. The first-order valence-corrected chi connectivity index (χ1v) is 14.8. The fourth-order valence-corrected chi connectivity index (χ4v) is 8.30. The summed E-state index contributed by atoms with van der Waals surface area (Å²) in [5.74, 6) is -1.10. The van der Waals surface area contributed by atoms with Crippen LogP contribution in [0, 0.1) is 16.7 Å². The summed E-state index contributed by atoms with van der Waals surface area (Å²) in [4.78, 5) is 41.4. The number of sulfonamides is 1. The van der Waals surface area contributed by atoms with Gasteiger partial charge in [0.15, 0.2) is 0 Å². The molecule has 0 unspecified atom stereocenters. The lowest BCUT2D eigenvalue weighted by Crippen LogP contribution is -2.52. The molecule has 2 bridgehead atoms. The predicted molar refractivity (Wildman–Crippen MR) is 139 cm³/mol. The molecule has 0 radical (unpaired) electrons. The van der Waals surface area contributed by atoms with Crippen LogP contribution in [0.3, 0.4) is 0 Å². The van der Waals surface area contributed by atoms with E-state index in [0.29, 0.717) is 19.3 Å². The van der Waals surface area contributed by atoms with Gasteiger partial charge in [-0.15, -0.1) is 0 Å². The van der Waals surface area contributed by atoms with E-state index < -0.39 is 38.6 Å². The van der Waals surface area contributed by atoms with Gasteiger partial charge in [-0.2, -0.15) is 4.72 Å². The van der Waals surface area contributed by atoms with E-state index in [1.165, 1.54) is 5.56 Å². The Morgan fingerprint density at radius 2 is 2.05 bits per heavy atom. The molecule has 2 fully saturated rings. The van der Waals surface area contributed by atoms with Crippen molar-refractivity contribution in [3.05, 3.63) is 23.4 Å². The lowest BCUT2D eigenvalue weighted by atomic mass is 9.70. The van der Waals surface area contributed by atoms with Gasteiger partial charge >= 0.3 is 5.97 Å². The molecule has 4 rings (SSSR count). The van der Waals surface area contributed by atoms with Gasteiger partial charge in [-0.3, -0.25) is 14.4 Å². The molecule has 204 valence electrons. The molecule has 4 N–H and O–H groups in total. The minimum absolute atomic E-state index is 0.0545. The smallest absolute Gasteiger partial charge is 0.323 e. The number of rotatable bonds is 12. The number of aryl methyl sites for hydroxylation is 2. The first-order chi connectivity index (χ1) is 17.4. The number of carboxylic acid groups (broad SMARTS) is 1. The zero-order valence-corrected chi connectivity index (χ0v) is 22.5. The quantitative estimate of drug-likeness (QED) is 0.297. The molecule has 2 aliphatic carbocycles. The summed E-state index contributed by atoms with van der Waals surface area (Å²) >= 11 is 0. The summed E-state index contributed by atoms with van der Waals surface area (Å²) in [5.41, 5.74) is 0.755. The average molecular weight is 535 g/mol. The van der Waals surface area contributed by atoms with Crippen molar-refractivity contribution in [3.63, 3.8) is 0 Å². The number of amides is 1. The van der Waals surface area contributed by atoms with Gasteiger partial charge in [-0.1, -0.05) is 19.9 Å². The number of fused-ring (bicyclic) bond motifs is 3. The summed E-state index contributed by atoms with van der Waals surface area (Å²) in [6, 6.07) is 2.60. The zero-order chi connectivity index (χ0) is 26.8. The Kier molecular flexibility index (Phi) is 7.94. The van der Waals surface area contributed by atoms with Crippen molar-refractivity contribution in [3.8, 4) is 0 Å². The Morgan fingerprint density at radius 1 is 1.27 bits per heavy atom. The molecular weight excluding hydrogens is 496 g/mol. The van der Waals surface area contributed by atoms with Gasteiger partial charge in [0.05, 0.1) is 5.75 Å². The monoisotopic (exact) mass is 534 g/mol. The first-order valence-electron chi connectivity index (χ1n) is 13.2. The normalized spacial score (nSPS) is 24.8. The number of anilines is 1. The molecule has 1 aromatic heterocycles. The summed E-state index contributed by atoms with van der Waals surface area (Å²) in [5, 5.41) is 15.4. The fraction of sp³-hybridized carbons (Fsp3) is 0.692. The van der Waals surface area contributed by atoms with Gasteiger partial charge < -0.3 is 15.7 Å². The average Bonchev–Trinajstić information content (AvgIpc) is 3.18. The topological polar surface area (TPSA) is 155 Å². The minimum Gasteiger partial charge on any atom is -0.480 e. The van der Waals surface area contributed by atoms with Crippen LogP contribution in [0.25, 0.3) is 0 Å². The van der Waals surface area contributed by atoms with Crippen molar-refractivity contribution in [2.24, 2.45) is 16.7 Å². The Bertz CT molecular complexity index is 1170. The predicted octanol–water partition coefficient (Wildman–Crippen LogP) is 2.04. The Morgan fingerprint density at radius 3 is 2.73 bits per heavy atom. The molecule has 37 heavy (non-hydrogen) atoms. The van der Waals surface area contributed by atoms with Crippen LogP contribution in [0.15, 0.2) is 12.1 Å². The summed E-state index contributed by atoms with van der Waals surface area (Å²) in [6.45, 7) is 4.42. The second kappa shape index (κ2) is 10.7. The van der Waals surface area contributed by atoms with Crippen molar-refractivity contribution >= 4 is 33.5 Å². The van der Waals surface area contributed by atoms with E-state index in [0.717, 1.165) is 50.2 Å². The van der Waals surface area contributed by atoms with Crippen molar-refractivity contribution in [2.75, 3.05) is 24.2 Å². The number of nitrogens with one attached hydrogen (secondary N) is 3. The van der Waals surface area contributed by atoms with Gasteiger partial charge in [-0.25, -0.2) is 13.4 Å². The molecule has 3 aliphatic rings. The van der Waals surface area contributed by atoms with Crippen LogP contribution < -0.4 is 15.4 Å². The molecule has 10 nitrogen and oxygen atoms in total. The van der Waals surface area contributed by atoms with E-state index in [9.17, 15) is 27.9 Å². The highest BCUT2D eigenvalue weighted by Crippen LogP contribution is 2.64. The Labute approximate surface area is 218 Å². The molecule has 11 heteroatoms. The van der Waals surface area contributed by atoms with Crippen LogP contribution in [0.4, 0.5) is 5.82 Å². The van der Waals surface area contributed by atoms with Gasteiger partial charge in [0.1, 0.15) is 17.6 Å². The maximum absolute atomic E-state index is 12.9. The number of Topliss-reactive ketones (excluding diaryl/α,β-unsaturated/α-hetero) is 1.